The van der Waals surface area contributed by atoms with Crippen molar-refractivity contribution in [2.24, 2.45) is 0 Å². The molecule has 0 bridgehead atoms. The highest BCUT2D eigenvalue weighted by molar-refractivity contribution is 6.31. The summed E-state index contributed by atoms with van der Waals surface area (Å²) < 4.78 is 7.96. The summed E-state index contributed by atoms with van der Waals surface area (Å²) in [7, 11) is 0. The molecule has 0 aliphatic carbocycles. The van der Waals surface area contributed by atoms with E-state index in [2.05, 4.69) is 28.7 Å². The van der Waals surface area contributed by atoms with Crippen LogP contribution in [-0.2, 0) is 19.7 Å². The molecule has 4 nitrogen and oxygen atoms in total. The van der Waals surface area contributed by atoms with Gasteiger partial charge in [-0.15, -0.1) is 0 Å². The van der Waals surface area contributed by atoms with Crippen LogP contribution >= 0.6 is 11.6 Å². The van der Waals surface area contributed by atoms with Crippen molar-refractivity contribution >= 4 is 11.6 Å². The molecule has 1 N–H and O–H groups in total. The standard InChI is InChI=1S/C15H20ClN3O/c1-3-17-10-12-13(16)6-5-7-14(12)20-11-15-18-8-9-19(15)4-2/h5-9,17H,3-4,10-11H2,1-2H3. The number of aromatic nitrogens is 2. The monoisotopic (exact) mass is 293 g/mol. The quantitative estimate of drug-likeness (QED) is 0.852. The van der Waals surface area contributed by atoms with Crippen LogP contribution in [0.15, 0.2) is 30.6 Å². The highest BCUT2D eigenvalue weighted by Gasteiger charge is 2.09. The van der Waals surface area contributed by atoms with Crippen LogP contribution in [0.3, 0.4) is 0 Å². The average Bonchev–Trinajstić information content (AvgIpc) is 2.91. The summed E-state index contributed by atoms with van der Waals surface area (Å²) >= 11 is 6.24. The van der Waals surface area contributed by atoms with Crippen molar-refractivity contribution in [1.29, 1.82) is 0 Å². The summed E-state index contributed by atoms with van der Waals surface area (Å²) in [5, 5.41) is 4.00. The molecule has 0 spiro atoms. The number of nitrogens with one attached hydrogen (secondary N) is 1. The number of aryl methyl sites for hydroxylation is 1. The van der Waals surface area contributed by atoms with E-state index in [0.717, 1.165) is 35.2 Å². The third kappa shape index (κ3) is 3.52. The summed E-state index contributed by atoms with van der Waals surface area (Å²) in [4.78, 5) is 4.31. The zero-order valence-corrected chi connectivity index (χ0v) is 12.7. The van der Waals surface area contributed by atoms with Gasteiger partial charge in [0.25, 0.3) is 0 Å². The number of halogens is 1. The molecule has 5 heteroatoms. The smallest absolute Gasteiger partial charge is 0.146 e. The topological polar surface area (TPSA) is 39.1 Å². The van der Waals surface area contributed by atoms with Gasteiger partial charge in [0.15, 0.2) is 0 Å². The number of hydrogen-bond donors (Lipinski definition) is 1. The molecule has 1 heterocycles. The first-order valence-electron chi connectivity index (χ1n) is 6.87. The second-order valence-electron chi connectivity index (χ2n) is 4.42. The van der Waals surface area contributed by atoms with Crippen molar-refractivity contribution in [2.75, 3.05) is 6.54 Å². The molecule has 1 aromatic carbocycles. The third-order valence-electron chi connectivity index (χ3n) is 3.13. The van der Waals surface area contributed by atoms with Crippen molar-refractivity contribution in [3.05, 3.63) is 47.0 Å². The molecular formula is C15H20ClN3O. The van der Waals surface area contributed by atoms with E-state index in [9.17, 15) is 0 Å². The largest absolute Gasteiger partial charge is 0.485 e. The lowest BCUT2D eigenvalue weighted by Crippen LogP contribution is -2.14. The lowest BCUT2D eigenvalue weighted by atomic mass is 10.2. The predicted molar refractivity (Wildman–Crippen MR) is 81.1 cm³/mol. The van der Waals surface area contributed by atoms with Crippen LogP contribution in [0.25, 0.3) is 0 Å². The van der Waals surface area contributed by atoms with Crippen LogP contribution in [0, 0.1) is 0 Å². The molecule has 1 aromatic heterocycles. The van der Waals surface area contributed by atoms with E-state index in [1.54, 1.807) is 6.20 Å². The molecule has 0 fully saturated rings. The molecular weight excluding hydrogens is 274 g/mol. The fourth-order valence-corrected chi connectivity index (χ4v) is 2.24. The number of benzene rings is 1. The molecule has 0 aliphatic heterocycles. The SMILES string of the molecule is CCNCc1c(Cl)cccc1OCc1nccn1CC. The molecule has 2 aromatic rings. The minimum atomic E-state index is 0.445. The minimum absolute atomic E-state index is 0.445. The maximum Gasteiger partial charge on any atom is 0.146 e. The third-order valence-corrected chi connectivity index (χ3v) is 3.48. The van der Waals surface area contributed by atoms with Crippen molar-refractivity contribution < 1.29 is 4.74 Å². The van der Waals surface area contributed by atoms with E-state index in [4.69, 9.17) is 16.3 Å². The van der Waals surface area contributed by atoms with Gasteiger partial charge in [0.05, 0.1) is 0 Å². The minimum Gasteiger partial charge on any atom is -0.485 e. The summed E-state index contributed by atoms with van der Waals surface area (Å²) in [5.74, 6) is 1.73. The van der Waals surface area contributed by atoms with Gasteiger partial charge in [-0.1, -0.05) is 24.6 Å². The summed E-state index contributed by atoms with van der Waals surface area (Å²) in [5.41, 5.74) is 0.991. The highest BCUT2D eigenvalue weighted by atomic mass is 35.5. The Morgan fingerprint density at radius 3 is 2.95 bits per heavy atom. The average molecular weight is 294 g/mol. The molecule has 0 radical (unpaired) electrons. The van der Waals surface area contributed by atoms with Crippen LogP contribution in [0.4, 0.5) is 0 Å². The number of imidazole rings is 1. The van der Waals surface area contributed by atoms with E-state index in [1.807, 2.05) is 24.4 Å². The van der Waals surface area contributed by atoms with Gasteiger partial charge in [-0.2, -0.15) is 0 Å². The molecule has 2 rings (SSSR count). The van der Waals surface area contributed by atoms with E-state index in [0.29, 0.717) is 13.2 Å². The van der Waals surface area contributed by atoms with Gasteiger partial charge < -0.3 is 14.6 Å². The first-order valence-corrected chi connectivity index (χ1v) is 7.25. The first-order chi connectivity index (χ1) is 9.76. The maximum absolute atomic E-state index is 6.24. The Hall–Kier alpha value is -1.52. The van der Waals surface area contributed by atoms with Gasteiger partial charge >= 0.3 is 0 Å². The van der Waals surface area contributed by atoms with Crippen LogP contribution in [0.5, 0.6) is 5.75 Å². The number of hydrogen-bond acceptors (Lipinski definition) is 3. The van der Waals surface area contributed by atoms with Crippen molar-refractivity contribution in [1.82, 2.24) is 14.9 Å². The van der Waals surface area contributed by atoms with Crippen LogP contribution in [0.1, 0.15) is 25.2 Å². The Labute approximate surface area is 124 Å². The Morgan fingerprint density at radius 1 is 1.35 bits per heavy atom. The van der Waals surface area contributed by atoms with Crippen LogP contribution in [-0.4, -0.2) is 16.1 Å². The molecule has 108 valence electrons. The van der Waals surface area contributed by atoms with Gasteiger partial charge in [-0.05, 0) is 25.6 Å². The zero-order chi connectivity index (χ0) is 14.4. The molecule has 20 heavy (non-hydrogen) atoms. The highest BCUT2D eigenvalue weighted by Crippen LogP contribution is 2.26. The molecule has 0 atom stereocenters. The second-order valence-corrected chi connectivity index (χ2v) is 4.82. The fraction of sp³-hybridized carbons (Fsp3) is 0.400. The number of ether oxygens (including phenoxy) is 1. The molecule has 0 aliphatic rings. The van der Waals surface area contributed by atoms with Gasteiger partial charge in [0.2, 0.25) is 0 Å². The van der Waals surface area contributed by atoms with E-state index in [1.165, 1.54) is 0 Å². The molecule has 0 unspecified atom stereocenters. The van der Waals surface area contributed by atoms with E-state index in [-0.39, 0.29) is 0 Å². The van der Waals surface area contributed by atoms with Gasteiger partial charge in [0.1, 0.15) is 18.2 Å². The zero-order valence-electron chi connectivity index (χ0n) is 11.9. The van der Waals surface area contributed by atoms with Crippen molar-refractivity contribution in [2.45, 2.75) is 33.5 Å². The Morgan fingerprint density at radius 2 is 2.20 bits per heavy atom. The normalized spacial score (nSPS) is 10.8. The summed E-state index contributed by atoms with van der Waals surface area (Å²) in [6.07, 6.45) is 3.75. The van der Waals surface area contributed by atoms with Crippen molar-refractivity contribution in [3.8, 4) is 5.75 Å². The first kappa shape index (κ1) is 14.9. The van der Waals surface area contributed by atoms with Gasteiger partial charge in [-0.3, -0.25) is 0 Å². The Balaban J connectivity index is 2.10. The Bertz CT molecular complexity index is 554. The summed E-state index contributed by atoms with van der Waals surface area (Å²) in [6.45, 7) is 7.08. The predicted octanol–water partition coefficient (Wildman–Crippen LogP) is 3.24. The summed E-state index contributed by atoms with van der Waals surface area (Å²) in [6, 6.07) is 5.73. The van der Waals surface area contributed by atoms with Gasteiger partial charge in [0, 0.05) is 36.1 Å². The Kier molecular flexibility index (Phi) is 5.44. The van der Waals surface area contributed by atoms with Crippen LogP contribution in [0.2, 0.25) is 5.02 Å². The lowest BCUT2D eigenvalue weighted by Gasteiger charge is -2.13. The number of nitrogens with zero attached hydrogens (tertiary/aromatic N) is 2. The second kappa shape index (κ2) is 7.31. The molecule has 0 saturated carbocycles. The lowest BCUT2D eigenvalue weighted by molar-refractivity contribution is 0.286. The maximum atomic E-state index is 6.24. The van der Waals surface area contributed by atoms with Crippen LogP contribution < -0.4 is 10.1 Å². The van der Waals surface area contributed by atoms with Crippen molar-refractivity contribution in [3.63, 3.8) is 0 Å². The molecule has 0 amide bonds. The number of rotatable bonds is 7. The fourth-order valence-electron chi connectivity index (χ4n) is 2.01. The molecule has 0 saturated heterocycles. The van der Waals surface area contributed by atoms with E-state index >= 15 is 0 Å². The van der Waals surface area contributed by atoms with Gasteiger partial charge in [-0.25, -0.2) is 4.98 Å². The van der Waals surface area contributed by atoms with E-state index < -0.39 is 0 Å².